The molecule has 0 aliphatic heterocycles. The summed E-state index contributed by atoms with van der Waals surface area (Å²) in [7, 11) is 0. The van der Waals surface area contributed by atoms with Crippen molar-refractivity contribution in [3.05, 3.63) is 64.3 Å². The third-order valence-electron chi connectivity index (χ3n) is 3.90. The first-order valence-corrected chi connectivity index (χ1v) is 8.40. The molecule has 0 saturated carbocycles. The summed E-state index contributed by atoms with van der Waals surface area (Å²) in [6.07, 6.45) is 3.71. The topological polar surface area (TPSA) is 31.2 Å². The van der Waals surface area contributed by atoms with Crippen LogP contribution in [-0.4, -0.2) is 17.5 Å². The van der Waals surface area contributed by atoms with Gasteiger partial charge in [0.1, 0.15) is 5.75 Å². The number of aldehydes is 1. The van der Waals surface area contributed by atoms with Gasteiger partial charge in [-0.1, -0.05) is 34.1 Å². The van der Waals surface area contributed by atoms with Crippen molar-refractivity contribution in [3.8, 4) is 5.75 Å². The number of para-hydroxylation sites is 1. The number of carbonyl (C=O) groups excluding carboxylic acids is 1. The van der Waals surface area contributed by atoms with E-state index in [2.05, 4.69) is 20.5 Å². The van der Waals surface area contributed by atoms with Crippen molar-refractivity contribution in [2.75, 3.05) is 6.61 Å². The Labute approximate surface area is 144 Å². The van der Waals surface area contributed by atoms with Crippen LogP contribution in [0.2, 0.25) is 0 Å². The number of hydrogen-bond donors (Lipinski definition) is 0. The Hall–Kier alpha value is -2.07. The van der Waals surface area contributed by atoms with Crippen molar-refractivity contribution in [1.29, 1.82) is 0 Å². The largest absolute Gasteiger partial charge is 0.493 e. The molecule has 3 nitrogen and oxygen atoms in total. The molecule has 1 aromatic heterocycles. The second-order valence-electron chi connectivity index (χ2n) is 5.52. The second kappa shape index (κ2) is 7.01. The SMILES string of the molecule is Cc1ccccc1OCCCn1cc(C=O)c2cc(Br)ccc21. The molecule has 0 bridgehead atoms. The van der Waals surface area contributed by atoms with Crippen LogP contribution in [0.3, 0.4) is 0 Å². The zero-order chi connectivity index (χ0) is 16.2. The smallest absolute Gasteiger partial charge is 0.152 e. The first-order chi connectivity index (χ1) is 11.2. The maximum atomic E-state index is 11.2. The molecule has 0 aliphatic rings. The van der Waals surface area contributed by atoms with Crippen molar-refractivity contribution in [2.24, 2.45) is 0 Å². The average molecular weight is 372 g/mol. The third-order valence-corrected chi connectivity index (χ3v) is 4.39. The van der Waals surface area contributed by atoms with E-state index in [1.807, 2.05) is 55.6 Å². The van der Waals surface area contributed by atoms with Gasteiger partial charge in [0, 0.05) is 33.7 Å². The monoisotopic (exact) mass is 371 g/mol. The molecular formula is C19H18BrNO2. The summed E-state index contributed by atoms with van der Waals surface area (Å²) in [5, 5.41) is 0.981. The normalized spacial score (nSPS) is 10.9. The zero-order valence-electron chi connectivity index (χ0n) is 13.0. The van der Waals surface area contributed by atoms with Crippen molar-refractivity contribution in [3.63, 3.8) is 0 Å². The van der Waals surface area contributed by atoms with Crippen molar-refractivity contribution < 1.29 is 9.53 Å². The van der Waals surface area contributed by atoms with Gasteiger partial charge in [-0.3, -0.25) is 4.79 Å². The van der Waals surface area contributed by atoms with Crippen LogP contribution in [0.15, 0.2) is 53.1 Å². The van der Waals surface area contributed by atoms with Crippen LogP contribution in [0, 0.1) is 6.92 Å². The minimum Gasteiger partial charge on any atom is -0.493 e. The number of aryl methyl sites for hydroxylation is 2. The van der Waals surface area contributed by atoms with Gasteiger partial charge in [0.05, 0.1) is 6.61 Å². The average Bonchev–Trinajstić information content (AvgIpc) is 2.90. The minimum atomic E-state index is 0.650. The van der Waals surface area contributed by atoms with Gasteiger partial charge < -0.3 is 9.30 Å². The molecule has 0 aliphatic carbocycles. The van der Waals surface area contributed by atoms with Crippen LogP contribution in [0.4, 0.5) is 0 Å². The van der Waals surface area contributed by atoms with E-state index >= 15 is 0 Å². The van der Waals surface area contributed by atoms with E-state index in [1.165, 1.54) is 0 Å². The highest BCUT2D eigenvalue weighted by atomic mass is 79.9. The number of benzene rings is 2. The predicted molar refractivity (Wildman–Crippen MR) is 96.3 cm³/mol. The fourth-order valence-corrected chi connectivity index (χ4v) is 3.07. The lowest BCUT2D eigenvalue weighted by Gasteiger charge is -2.09. The number of halogens is 1. The maximum absolute atomic E-state index is 11.2. The quantitative estimate of drug-likeness (QED) is 0.451. The van der Waals surface area contributed by atoms with Crippen LogP contribution in [-0.2, 0) is 6.54 Å². The Kier molecular flexibility index (Phi) is 4.82. The lowest BCUT2D eigenvalue weighted by molar-refractivity contribution is 0.112. The molecule has 0 saturated heterocycles. The first kappa shape index (κ1) is 15.8. The molecule has 23 heavy (non-hydrogen) atoms. The summed E-state index contributed by atoms with van der Waals surface area (Å²) in [6, 6.07) is 14.0. The molecule has 0 unspecified atom stereocenters. The predicted octanol–water partition coefficient (Wildman–Crippen LogP) is 4.99. The fraction of sp³-hybridized carbons (Fsp3) is 0.211. The molecule has 0 spiro atoms. The van der Waals surface area contributed by atoms with Crippen LogP contribution >= 0.6 is 15.9 Å². The molecule has 0 fully saturated rings. The Morgan fingerprint density at radius 3 is 2.83 bits per heavy atom. The summed E-state index contributed by atoms with van der Waals surface area (Å²) in [6.45, 7) is 3.51. The highest BCUT2D eigenvalue weighted by Crippen LogP contribution is 2.24. The fourth-order valence-electron chi connectivity index (χ4n) is 2.71. The van der Waals surface area contributed by atoms with E-state index in [1.54, 1.807) is 0 Å². The van der Waals surface area contributed by atoms with Gasteiger partial charge >= 0.3 is 0 Å². The molecule has 4 heteroatoms. The summed E-state index contributed by atoms with van der Waals surface area (Å²) < 4.78 is 8.93. The number of fused-ring (bicyclic) bond motifs is 1. The summed E-state index contributed by atoms with van der Waals surface area (Å²) in [5.74, 6) is 0.933. The van der Waals surface area contributed by atoms with E-state index in [0.717, 1.165) is 51.5 Å². The van der Waals surface area contributed by atoms with E-state index in [0.29, 0.717) is 6.61 Å². The van der Waals surface area contributed by atoms with Gasteiger partial charge in [-0.25, -0.2) is 0 Å². The number of aromatic nitrogens is 1. The Morgan fingerprint density at radius 2 is 2.04 bits per heavy atom. The third kappa shape index (κ3) is 3.48. The molecule has 0 amide bonds. The van der Waals surface area contributed by atoms with Gasteiger partial charge in [0.15, 0.2) is 6.29 Å². The van der Waals surface area contributed by atoms with Gasteiger partial charge in [-0.2, -0.15) is 0 Å². The molecule has 1 heterocycles. The van der Waals surface area contributed by atoms with Crippen LogP contribution < -0.4 is 4.74 Å². The zero-order valence-corrected chi connectivity index (χ0v) is 14.5. The molecule has 3 aromatic rings. The Bertz CT molecular complexity index is 839. The molecule has 2 aromatic carbocycles. The van der Waals surface area contributed by atoms with E-state index in [4.69, 9.17) is 4.74 Å². The number of hydrogen-bond acceptors (Lipinski definition) is 2. The standard InChI is InChI=1S/C19H18BrNO2/c1-14-5-2-3-6-19(14)23-10-4-9-21-12-15(13-22)17-11-16(20)7-8-18(17)21/h2-3,5-8,11-13H,4,9-10H2,1H3. The van der Waals surface area contributed by atoms with Crippen molar-refractivity contribution in [2.45, 2.75) is 19.9 Å². The van der Waals surface area contributed by atoms with E-state index in [9.17, 15) is 4.79 Å². The number of ether oxygens (including phenoxy) is 1. The highest BCUT2D eigenvalue weighted by molar-refractivity contribution is 9.10. The van der Waals surface area contributed by atoms with Crippen LogP contribution in [0.25, 0.3) is 10.9 Å². The molecule has 0 N–H and O–H groups in total. The number of rotatable bonds is 6. The summed E-state index contributed by atoms with van der Waals surface area (Å²) in [5.41, 5.74) is 2.94. The van der Waals surface area contributed by atoms with Gasteiger partial charge in [0.2, 0.25) is 0 Å². The Balaban J connectivity index is 1.68. The molecule has 0 radical (unpaired) electrons. The second-order valence-corrected chi connectivity index (χ2v) is 6.44. The molecule has 118 valence electrons. The maximum Gasteiger partial charge on any atom is 0.152 e. The lowest BCUT2D eigenvalue weighted by atomic mass is 10.2. The van der Waals surface area contributed by atoms with Crippen molar-refractivity contribution in [1.82, 2.24) is 4.57 Å². The summed E-state index contributed by atoms with van der Waals surface area (Å²) in [4.78, 5) is 11.2. The molecular weight excluding hydrogens is 354 g/mol. The van der Waals surface area contributed by atoms with Crippen LogP contribution in [0.1, 0.15) is 22.3 Å². The van der Waals surface area contributed by atoms with E-state index in [-0.39, 0.29) is 0 Å². The summed E-state index contributed by atoms with van der Waals surface area (Å²) >= 11 is 3.46. The molecule has 3 rings (SSSR count). The van der Waals surface area contributed by atoms with Crippen molar-refractivity contribution >= 4 is 33.1 Å². The van der Waals surface area contributed by atoms with Gasteiger partial charge in [-0.05, 0) is 43.2 Å². The first-order valence-electron chi connectivity index (χ1n) is 7.61. The van der Waals surface area contributed by atoms with Gasteiger partial charge in [-0.15, -0.1) is 0 Å². The lowest BCUT2D eigenvalue weighted by Crippen LogP contribution is -2.04. The van der Waals surface area contributed by atoms with Gasteiger partial charge in [0.25, 0.3) is 0 Å². The Morgan fingerprint density at radius 1 is 1.22 bits per heavy atom. The van der Waals surface area contributed by atoms with Crippen LogP contribution in [0.5, 0.6) is 5.75 Å². The highest BCUT2D eigenvalue weighted by Gasteiger charge is 2.08. The number of nitrogens with zero attached hydrogens (tertiary/aromatic N) is 1. The number of carbonyl (C=O) groups is 1. The minimum absolute atomic E-state index is 0.650. The van der Waals surface area contributed by atoms with E-state index < -0.39 is 0 Å². The molecule has 0 atom stereocenters.